The second kappa shape index (κ2) is 3.81. The third-order valence-electron chi connectivity index (χ3n) is 1.49. The summed E-state index contributed by atoms with van der Waals surface area (Å²) in [6.45, 7) is 1.92. The zero-order valence-electron chi connectivity index (χ0n) is 6.32. The Hall–Kier alpha value is -1.25. The molecule has 1 heterocycles. The van der Waals surface area contributed by atoms with Crippen molar-refractivity contribution in [2.75, 3.05) is 0 Å². The van der Waals surface area contributed by atoms with Crippen LogP contribution in [-0.4, -0.2) is 16.3 Å². The summed E-state index contributed by atoms with van der Waals surface area (Å²) in [5.41, 5.74) is 0.699. The smallest absolute Gasteiger partial charge is 0.208 e. The zero-order valence-corrected chi connectivity index (χ0v) is 6.32. The van der Waals surface area contributed by atoms with E-state index in [1.54, 1.807) is 18.6 Å². The molecule has 57 valence electrons. The van der Waals surface area contributed by atoms with Crippen LogP contribution in [0.15, 0.2) is 18.6 Å². The number of carbonyl (C=O) groups excluding carboxylic acids is 1. The molecule has 1 unspecified atom stereocenters. The van der Waals surface area contributed by atoms with E-state index in [9.17, 15) is 4.79 Å². The van der Waals surface area contributed by atoms with Gasteiger partial charge in [0.15, 0.2) is 0 Å². The summed E-state index contributed by atoms with van der Waals surface area (Å²) < 4.78 is 0. The molecule has 11 heavy (non-hydrogen) atoms. The molecule has 1 radical (unpaired) electrons. The molecule has 1 atom stereocenters. The van der Waals surface area contributed by atoms with Crippen molar-refractivity contribution in [1.82, 2.24) is 9.97 Å². The first-order chi connectivity index (χ1) is 5.38. The van der Waals surface area contributed by atoms with E-state index >= 15 is 0 Å². The summed E-state index contributed by atoms with van der Waals surface area (Å²) in [6.07, 6.45) is 7.40. The van der Waals surface area contributed by atoms with Crippen molar-refractivity contribution < 1.29 is 4.79 Å². The maximum absolute atomic E-state index is 10.3. The highest BCUT2D eigenvalue weighted by molar-refractivity contribution is 5.61. The highest BCUT2D eigenvalue weighted by atomic mass is 16.1. The molecule has 0 aliphatic heterocycles. The molecule has 1 aromatic rings. The number of nitrogens with zero attached hydrogens (tertiary/aromatic N) is 2. The Morgan fingerprint density at radius 3 is 2.91 bits per heavy atom. The molecular weight excluding hydrogens is 140 g/mol. The first-order valence-electron chi connectivity index (χ1n) is 3.52. The van der Waals surface area contributed by atoms with Crippen LogP contribution in [0, 0.1) is 0 Å². The fraction of sp³-hybridized carbons (Fsp3) is 0.375. The molecule has 0 saturated carbocycles. The lowest BCUT2D eigenvalue weighted by atomic mass is 10.1. The van der Waals surface area contributed by atoms with Gasteiger partial charge >= 0.3 is 0 Å². The highest BCUT2D eigenvalue weighted by Crippen LogP contribution is 2.11. The Bertz CT molecular complexity index is 223. The van der Waals surface area contributed by atoms with Gasteiger partial charge in [0.05, 0.1) is 11.6 Å². The molecule has 0 N–H and O–H groups in total. The van der Waals surface area contributed by atoms with E-state index in [1.807, 2.05) is 13.2 Å². The molecule has 0 spiro atoms. The van der Waals surface area contributed by atoms with Gasteiger partial charge < -0.3 is 0 Å². The van der Waals surface area contributed by atoms with Gasteiger partial charge in [0.2, 0.25) is 6.29 Å². The first-order valence-corrected chi connectivity index (χ1v) is 3.52. The summed E-state index contributed by atoms with van der Waals surface area (Å²) >= 11 is 0. The van der Waals surface area contributed by atoms with Gasteiger partial charge in [0.25, 0.3) is 0 Å². The van der Waals surface area contributed by atoms with Gasteiger partial charge in [0, 0.05) is 18.6 Å². The van der Waals surface area contributed by atoms with E-state index in [2.05, 4.69) is 9.97 Å². The third kappa shape index (κ3) is 1.83. The Balaban J connectivity index is 2.82. The molecule has 0 aliphatic rings. The van der Waals surface area contributed by atoms with Gasteiger partial charge in [-0.05, 0) is 6.42 Å². The number of aromatic nitrogens is 2. The van der Waals surface area contributed by atoms with Crippen molar-refractivity contribution in [3.05, 3.63) is 24.3 Å². The normalized spacial score (nSPS) is 12.5. The quantitative estimate of drug-likeness (QED) is 0.645. The van der Waals surface area contributed by atoms with Crippen LogP contribution >= 0.6 is 0 Å². The summed E-state index contributed by atoms with van der Waals surface area (Å²) in [7, 11) is 0. The predicted molar refractivity (Wildman–Crippen MR) is 40.8 cm³/mol. The molecule has 0 amide bonds. The van der Waals surface area contributed by atoms with Gasteiger partial charge in [-0.1, -0.05) is 6.92 Å². The number of rotatable bonds is 3. The van der Waals surface area contributed by atoms with Crippen molar-refractivity contribution in [3.8, 4) is 0 Å². The summed E-state index contributed by atoms with van der Waals surface area (Å²) in [5.74, 6) is -0.219. The van der Waals surface area contributed by atoms with Crippen LogP contribution in [0.25, 0.3) is 0 Å². The van der Waals surface area contributed by atoms with Gasteiger partial charge in [-0.15, -0.1) is 0 Å². The molecular formula is C8H9N2O. The van der Waals surface area contributed by atoms with Crippen molar-refractivity contribution in [2.24, 2.45) is 0 Å². The Morgan fingerprint density at radius 2 is 2.45 bits per heavy atom. The SMILES string of the molecule is CCC([C]=O)c1cnccn1. The van der Waals surface area contributed by atoms with E-state index in [0.717, 1.165) is 6.42 Å². The van der Waals surface area contributed by atoms with Crippen molar-refractivity contribution >= 4 is 6.29 Å². The van der Waals surface area contributed by atoms with Crippen LogP contribution < -0.4 is 0 Å². The Kier molecular flexibility index (Phi) is 2.72. The monoisotopic (exact) mass is 149 g/mol. The molecule has 3 nitrogen and oxygen atoms in total. The first kappa shape index (κ1) is 7.85. The lowest BCUT2D eigenvalue weighted by Crippen LogP contribution is -2.01. The molecule has 0 aliphatic carbocycles. The minimum Gasteiger partial charge on any atom is -0.290 e. The number of hydrogen-bond donors (Lipinski definition) is 0. The average molecular weight is 149 g/mol. The van der Waals surface area contributed by atoms with E-state index in [0.29, 0.717) is 5.69 Å². The molecule has 3 heteroatoms. The van der Waals surface area contributed by atoms with Crippen LogP contribution in [0.3, 0.4) is 0 Å². The van der Waals surface area contributed by atoms with E-state index in [1.165, 1.54) is 0 Å². The van der Waals surface area contributed by atoms with Crippen LogP contribution in [0.4, 0.5) is 0 Å². The number of hydrogen-bond acceptors (Lipinski definition) is 3. The summed E-state index contributed by atoms with van der Waals surface area (Å²) in [4.78, 5) is 18.2. The molecule has 1 aromatic heterocycles. The second-order valence-electron chi connectivity index (χ2n) is 2.21. The minimum atomic E-state index is -0.219. The van der Waals surface area contributed by atoms with Crippen molar-refractivity contribution in [2.45, 2.75) is 19.3 Å². The van der Waals surface area contributed by atoms with Gasteiger partial charge in [-0.2, -0.15) is 0 Å². The molecule has 0 bridgehead atoms. The zero-order chi connectivity index (χ0) is 8.10. The van der Waals surface area contributed by atoms with Crippen LogP contribution in [0.2, 0.25) is 0 Å². The lowest BCUT2D eigenvalue weighted by Gasteiger charge is -2.02. The molecule has 0 aromatic carbocycles. The van der Waals surface area contributed by atoms with E-state index in [4.69, 9.17) is 0 Å². The van der Waals surface area contributed by atoms with Crippen LogP contribution in [0.5, 0.6) is 0 Å². The molecule has 0 saturated heterocycles. The van der Waals surface area contributed by atoms with Gasteiger partial charge in [-0.3, -0.25) is 14.8 Å². The van der Waals surface area contributed by atoms with Crippen LogP contribution in [-0.2, 0) is 4.79 Å². The third-order valence-corrected chi connectivity index (χ3v) is 1.49. The molecule has 1 rings (SSSR count). The second-order valence-corrected chi connectivity index (χ2v) is 2.21. The minimum absolute atomic E-state index is 0.219. The largest absolute Gasteiger partial charge is 0.290 e. The lowest BCUT2D eigenvalue weighted by molar-refractivity contribution is 0.538. The van der Waals surface area contributed by atoms with Gasteiger partial charge in [0.1, 0.15) is 0 Å². The summed E-state index contributed by atoms with van der Waals surface area (Å²) in [6, 6.07) is 0. The Labute approximate surface area is 65.5 Å². The fourth-order valence-electron chi connectivity index (χ4n) is 0.843. The Morgan fingerprint density at radius 1 is 1.64 bits per heavy atom. The average Bonchev–Trinajstić information content (AvgIpc) is 2.09. The molecule has 0 fully saturated rings. The van der Waals surface area contributed by atoms with Gasteiger partial charge in [-0.25, -0.2) is 0 Å². The van der Waals surface area contributed by atoms with E-state index < -0.39 is 0 Å². The topological polar surface area (TPSA) is 42.9 Å². The summed E-state index contributed by atoms with van der Waals surface area (Å²) in [5, 5.41) is 0. The fourth-order valence-corrected chi connectivity index (χ4v) is 0.843. The highest BCUT2D eigenvalue weighted by Gasteiger charge is 2.08. The van der Waals surface area contributed by atoms with Crippen molar-refractivity contribution in [3.63, 3.8) is 0 Å². The van der Waals surface area contributed by atoms with E-state index in [-0.39, 0.29) is 5.92 Å². The van der Waals surface area contributed by atoms with Crippen LogP contribution in [0.1, 0.15) is 25.0 Å². The standard InChI is InChI=1S/C8H9N2O/c1-2-7(6-11)8-5-9-3-4-10-8/h3-5,7H,2H2,1H3. The van der Waals surface area contributed by atoms with Crippen molar-refractivity contribution in [1.29, 1.82) is 0 Å². The predicted octanol–water partition coefficient (Wildman–Crippen LogP) is 1.08. The maximum Gasteiger partial charge on any atom is 0.208 e. The maximum atomic E-state index is 10.3.